The second-order valence-corrected chi connectivity index (χ2v) is 6.81. The third kappa shape index (κ3) is 12.0. The van der Waals surface area contributed by atoms with Gasteiger partial charge in [-0.25, -0.2) is 0 Å². The summed E-state index contributed by atoms with van der Waals surface area (Å²) in [5.41, 5.74) is 0. The highest BCUT2D eigenvalue weighted by molar-refractivity contribution is 5.92. The average Bonchev–Trinajstić information content (AvgIpc) is 2.72. The van der Waals surface area contributed by atoms with Gasteiger partial charge in [-0.05, 0) is 33.1 Å². The number of carbonyl (C=O) groups excluding carboxylic acids is 5. The molecule has 0 aromatic rings. The molecule has 0 saturated carbocycles. The monoisotopic (exact) mass is 427 g/mol. The molecule has 0 rings (SSSR count). The van der Waals surface area contributed by atoms with Crippen LogP contribution in [-0.2, 0) is 24.0 Å². The highest BCUT2D eigenvalue weighted by Crippen LogP contribution is 2.04. The summed E-state index contributed by atoms with van der Waals surface area (Å²) in [5.74, 6) is -1.73. The Morgan fingerprint density at radius 2 is 1.17 bits per heavy atom. The summed E-state index contributed by atoms with van der Waals surface area (Å²) in [5, 5.41) is 13.2. The molecular weight excluding hydrogens is 390 g/mol. The molecule has 10 nitrogen and oxygen atoms in total. The van der Waals surface area contributed by atoms with Gasteiger partial charge in [-0.1, -0.05) is 13.8 Å². The fraction of sp³-hybridized carbons (Fsp3) is 0.750. The normalized spacial score (nSPS) is 12.3. The molecule has 0 fully saturated rings. The zero-order valence-corrected chi connectivity index (χ0v) is 18.6. The smallest absolute Gasteiger partial charge is 0.243 e. The van der Waals surface area contributed by atoms with Gasteiger partial charge in [-0.2, -0.15) is 0 Å². The second-order valence-electron chi connectivity index (χ2n) is 6.81. The molecular formula is C20H37N5O5. The molecule has 0 aliphatic carbocycles. The highest BCUT2D eigenvalue weighted by atomic mass is 16.2. The van der Waals surface area contributed by atoms with Gasteiger partial charge in [0.15, 0.2) is 0 Å². The third-order valence-electron chi connectivity index (χ3n) is 4.22. The Morgan fingerprint density at radius 1 is 0.633 bits per heavy atom. The lowest BCUT2D eigenvalue weighted by Crippen LogP contribution is -2.54. The molecule has 2 unspecified atom stereocenters. The molecule has 0 aromatic carbocycles. The number of hydrogen-bond donors (Lipinski definition) is 5. The van der Waals surface area contributed by atoms with Crippen LogP contribution in [0.3, 0.4) is 0 Å². The Labute approximate surface area is 178 Å². The molecule has 5 amide bonds. The van der Waals surface area contributed by atoms with Gasteiger partial charge in [0, 0.05) is 38.9 Å². The third-order valence-corrected chi connectivity index (χ3v) is 4.22. The number of amides is 5. The molecule has 30 heavy (non-hydrogen) atoms. The first kappa shape index (κ1) is 27.4. The lowest BCUT2D eigenvalue weighted by molar-refractivity contribution is -0.133. The van der Waals surface area contributed by atoms with E-state index in [1.165, 1.54) is 0 Å². The molecule has 5 N–H and O–H groups in total. The molecule has 0 spiro atoms. The van der Waals surface area contributed by atoms with E-state index in [1.807, 2.05) is 6.92 Å². The minimum absolute atomic E-state index is 0.0623. The number of nitrogens with one attached hydrogen (secondary N) is 5. The van der Waals surface area contributed by atoms with Crippen LogP contribution in [0.25, 0.3) is 0 Å². The van der Waals surface area contributed by atoms with Crippen molar-refractivity contribution in [2.75, 3.05) is 19.6 Å². The van der Waals surface area contributed by atoms with Crippen molar-refractivity contribution >= 4 is 29.5 Å². The van der Waals surface area contributed by atoms with Crippen LogP contribution < -0.4 is 26.6 Å². The van der Waals surface area contributed by atoms with E-state index in [1.54, 1.807) is 20.8 Å². The van der Waals surface area contributed by atoms with Gasteiger partial charge in [0.05, 0.1) is 0 Å². The zero-order valence-electron chi connectivity index (χ0n) is 18.6. The number of carbonyl (C=O) groups is 5. The van der Waals surface area contributed by atoms with Gasteiger partial charge in [0.1, 0.15) is 12.1 Å². The molecule has 172 valence electrons. The van der Waals surface area contributed by atoms with Crippen molar-refractivity contribution < 1.29 is 24.0 Å². The van der Waals surface area contributed by atoms with Crippen molar-refractivity contribution in [2.24, 2.45) is 0 Å². The molecule has 0 aliphatic rings. The van der Waals surface area contributed by atoms with Crippen LogP contribution in [0.1, 0.15) is 66.2 Å². The molecule has 2 atom stereocenters. The molecule has 0 saturated heterocycles. The summed E-state index contributed by atoms with van der Waals surface area (Å²) in [6, 6.07) is -1.87. The summed E-state index contributed by atoms with van der Waals surface area (Å²) in [6.45, 7) is 8.51. The van der Waals surface area contributed by atoms with Gasteiger partial charge in [-0.3, -0.25) is 24.0 Å². The van der Waals surface area contributed by atoms with Gasteiger partial charge in [0.2, 0.25) is 29.5 Å². The van der Waals surface area contributed by atoms with E-state index in [4.69, 9.17) is 0 Å². The quantitative estimate of drug-likeness (QED) is 0.244. The lowest BCUT2D eigenvalue weighted by atomic mass is 10.1. The predicted octanol–water partition coefficient (Wildman–Crippen LogP) is -0.275. The first-order chi connectivity index (χ1) is 14.3. The van der Waals surface area contributed by atoms with Crippen molar-refractivity contribution in [1.29, 1.82) is 0 Å². The highest BCUT2D eigenvalue weighted by Gasteiger charge is 2.27. The van der Waals surface area contributed by atoms with E-state index in [-0.39, 0.29) is 49.8 Å². The van der Waals surface area contributed by atoms with Crippen LogP contribution in [-0.4, -0.2) is 61.3 Å². The predicted molar refractivity (Wildman–Crippen MR) is 113 cm³/mol. The zero-order chi connectivity index (χ0) is 22.9. The lowest BCUT2D eigenvalue weighted by Gasteiger charge is -2.23. The summed E-state index contributed by atoms with van der Waals surface area (Å²) < 4.78 is 0. The minimum atomic E-state index is -0.953. The molecule has 0 heterocycles. The number of hydrogen-bond acceptors (Lipinski definition) is 5. The standard InChI is InChI=1S/C20H37N5O5/c1-5-13-23-18(28)12-10-15(24-16(26)6-2)20(30)25-14(19(29)22-8-4)9-11-17(27)21-7-3/h14-15H,5-13H2,1-4H3,(H,21,27)(H,22,29)(H,23,28)(H,24,26)(H,25,30). The van der Waals surface area contributed by atoms with Crippen LogP contribution in [0.15, 0.2) is 0 Å². The van der Waals surface area contributed by atoms with Crippen molar-refractivity contribution in [2.45, 2.75) is 78.3 Å². The van der Waals surface area contributed by atoms with Crippen LogP contribution >= 0.6 is 0 Å². The van der Waals surface area contributed by atoms with Gasteiger partial charge in [-0.15, -0.1) is 0 Å². The first-order valence-electron chi connectivity index (χ1n) is 10.7. The van der Waals surface area contributed by atoms with Crippen molar-refractivity contribution in [3.63, 3.8) is 0 Å². The molecule has 0 aliphatic heterocycles. The van der Waals surface area contributed by atoms with Gasteiger partial charge in [0.25, 0.3) is 0 Å². The molecule has 0 bridgehead atoms. The van der Waals surface area contributed by atoms with Crippen LogP contribution in [0.5, 0.6) is 0 Å². The maximum atomic E-state index is 12.8. The summed E-state index contributed by atoms with van der Waals surface area (Å²) in [6.07, 6.45) is 1.33. The second kappa shape index (κ2) is 16.2. The van der Waals surface area contributed by atoms with E-state index in [0.29, 0.717) is 19.6 Å². The molecule has 0 radical (unpaired) electrons. The molecule has 0 aromatic heterocycles. The van der Waals surface area contributed by atoms with Crippen LogP contribution in [0.4, 0.5) is 0 Å². The Bertz CT molecular complexity index is 582. The fourth-order valence-corrected chi connectivity index (χ4v) is 2.59. The van der Waals surface area contributed by atoms with E-state index in [0.717, 1.165) is 6.42 Å². The maximum Gasteiger partial charge on any atom is 0.243 e. The summed E-state index contributed by atoms with van der Waals surface area (Å²) in [4.78, 5) is 60.5. The Hall–Kier alpha value is -2.65. The van der Waals surface area contributed by atoms with Gasteiger partial charge < -0.3 is 26.6 Å². The van der Waals surface area contributed by atoms with E-state index in [2.05, 4.69) is 26.6 Å². The Kier molecular flexibility index (Phi) is 14.8. The van der Waals surface area contributed by atoms with E-state index in [9.17, 15) is 24.0 Å². The number of likely N-dealkylation sites (N-methyl/N-ethyl adjacent to an activating group) is 1. The van der Waals surface area contributed by atoms with E-state index >= 15 is 0 Å². The average molecular weight is 428 g/mol. The number of rotatable bonds is 15. The van der Waals surface area contributed by atoms with Gasteiger partial charge >= 0.3 is 0 Å². The Morgan fingerprint density at radius 3 is 1.67 bits per heavy atom. The topological polar surface area (TPSA) is 146 Å². The van der Waals surface area contributed by atoms with Crippen molar-refractivity contribution in [1.82, 2.24) is 26.6 Å². The largest absolute Gasteiger partial charge is 0.356 e. The van der Waals surface area contributed by atoms with Crippen LogP contribution in [0.2, 0.25) is 0 Å². The van der Waals surface area contributed by atoms with E-state index < -0.39 is 23.9 Å². The van der Waals surface area contributed by atoms with Crippen LogP contribution in [0, 0.1) is 0 Å². The summed E-state index contributed by atoms with van der Waals surface area (Å²) >= 11 is 0. The SMILES string of the molecule is CCCNC(=O)CCC(NC(=O)CC)C(=O)NC(CCC(=O)NCC)C(=O)NCC. The maximum absolute atomic E-state index is 12.8. The van der Waals surface area contributed by atoms with Crippen molar-refractivity contribution in [3.8, 4) is 0 Å². The first-order valence-corrected chi connectivity index (χ1v) is 10.7. The fourth-order valence-electron chi connectivity index (χ4n) is 2.59. The summed E-state index contributed by atoms with van der Waals surface area (Å²) in [7, 11) is 0. The molecule has 10 heteroatoms. The minimum Gasteiger partial charge on any atom is -0.356 e. The van der Waals surface area contributed by atoms with Crippen molar-refractivity contribution in [3.05, 3.63) is 0 Å². The Balaban J connectivity index is 5.12.